The highest BCUT2D eigenvalue weighted by Gasteiger charge is 2.65. The molecule has 12 rings (SSSR count). The van der Waals surface area contributed by atoms with Crippen LogP contribution in [0.2, 0.25) is 0 Å². The molecular weight excluding hydrogens is 507 g/mol. The average Bonchev–Trinajstić information content (AvgIpc) is 3.73. The van der Waals surface area contributed by atoms with Gasteiger partial charge in [0.15, 0.2) is 0 Å². The molecule has 6 aromatic rings. The molecule has 5 aromatic carbocycles. The van der Waals surface area contributed by atoms with Gasteiger partial charge in [0.1, 0.15) is 5.69 Å². The molecule has 198 valence electrons. The molecular formula is C39H29BN2. The van der Waals surface area contributed by atoms with Crippen molar-refractivity contribution in [3.63, 3.8) is 0 Å². The molecule has 0 N–H and O–H groups in total. The Morgan fingerprint density at radius 2 is 1.50 bits per heavy atom. The van der Waals surface area contributed by atoms with Gasteiger partial charge >= 0.3 is 0 Å². The highest BCUT2D eigenvalue weighted by Crippen LogP contribution is 2.76. The molecule has 0 amide bonds. The highest BCUT2D eigenvalue weighted by atomic mass is 15.3. The topological polar surface area (TPSA) is 17.8 Å². The highest BCUT2D eigenvalue weighted by molar-refractivity contribution is 7.01. The molecule has 3 fully saturated rings. The minimum atomic E-state index is 0.265. The first-order valence-electron chi connectivity index (χ1n) is 16.1. The third-order valence-electron chi connectivity index (χ3n) is 13.0. The first-order chi connectivity index (χ1) is 20.8. The maximum Gasteiger partial charge on any atom is 0.248 e. The number of nitrogens with zero attached hydrogens (tertiary/aromatic N) is 2. The fraction of sp³-hybridized carbons (Fsp3) is 0.256. The van der Waals surface area contributed by atoms with Gasteiger partial charge in [-0.1, -0.05) is 90.4 Å². The SMILES string of the molecule is c1ccc(-c2nn3c4c(cc5ccccc5c24)B2c4cc5c(cc4-c4cccc-3c42)C2CC3CC4CC5CC43C2)cc1. The van der Waals surface area contributed by atoms with Crippen molar-refractivity contribution in [2.24, 2.45) is 17.3 Å². The Labute approximate surface area is 245 Å². The molecule has 1 aromatic heterocycles. The van der Waals surface area contributed by atoms with Gasteiger partial charge in [-0.3, -0.25) is 0 Å². The molecule has 3 heteroatoms. The van der Waals surface area contributed by atoms with E-state index in [-0.39, 0.29) is 6.71 Å². The minimum absolute atomic E-state index is 0.265. The summed E-state index contributed by atoms with van der Waals surface area (Å²) in [5, 5.41) is 9.34. The second-order valence-electron chi connectivity index (χ2n) is 14.4. The molecule has 3 heterocycles. The van der Waals surface area contributed by atoms with Crippen LogP contribution in [0.5, 0.6) is 0 Å². The summed E-state index contributed by atoms with van der Waals surface area (Å²) in [4.78, 5) is 0. The number of fused-ring (bicyclic) bond motifs is 12. The van der Waals surface area contributed by atoms with Crippen LogP contribution >= 0.6 is 0 Å². The average molecular weight is 536 g/mol. The number of hydrogen-bond donors (Lipinski definition) is 0. The monoisotopic (exact) mass is 536 g/mol. The molecule has 2 aliphatic heterocycles. The number of hydrogen-bond acceptors (Lipinski definition) is 1. The lowest BCUT2D eigenvalue weighted by atomic mass is 9.37. The molecule has 2 nitrogen and oxygen atoms in total. The second kappa shape index (κ2) is 6.92. The summed E-state index contributed by atoms with van der Waals surface area (Å²) in [7, 11) is 0. The van der Waals surface area contributed by atoms with Crippen LogP contribution in [-0.4, -0.2) is 16.5 Å². The van der Waals surface area contributed by atoms with Gasteiger partial charge in [0, 0.05) is 10.9 Å². The summed E-state index contributed by atoms with van der Waals surface area (Å²) in [6.45, 7) is 0.265. The summed E-state index contributed by atoms with van der Waals surface area (Å²) < 4.78 is 2.29. The van der Waals surface area contributed by atoms with E-state index < -0.39 is 0 Å². The number of benzene rings is 5. The Balaban J connectivity index is 1.18. The van der Waals surface area contributed by atoms with E-state index in [0.717, 1.165) is 29.4 Å². The second-order valence-corrected chi connectivity index (χ2v) is 14.4. The summed E-state index contributed by atoms with van der Waals surface area (Å²) in [6, 6.07) is 34.6. The van der Waals surface area contributed by atoms with Gasteiger partial charge in [-0.05, 0) is 111 Å². The first-order valence-corrected chi connectivity index (χ1v) is 16.1. The zero-order valence-corrected chi connectivity index (χ0v) is 23.5. The Hall–Kier alpha value is -4.11. The third-order valence-corrected chi connectivity index (χ3v) is 13.0. The molecule has 0 saturated heterocycles. The summed E-state index contributed by atoms with van der Waals surface area (Å²) in [5.41, 5.74) is 16.3. The molecule has 0 radical (unpaired) electrons. The standard InChI is InChI=1S/C39H29BN2/c1-2-7-21(8-3-1)37-35-27-10-5-4-9-22(27)15-33-38(35)42(41-37)34-12-6-11-28-31-17-29-23-13-25-16-26-14-24(20-39(25,26)19-23)30(29)18-32(31)40(33)36(28)34/h1-12,15,17-18,23-26H,13-14,16,19-20H2. The van der Waals surface area contributed by atoms with E-state index in [2.05, 4.69) is 95.7 Å². The van der Waals surface area contributed by atoms with Crippen LogP contribution in [0, 0.1) is 17.3 Å². The molecule has 3 bridgehead atoms. The van der Waals surface area contributed by atoms with E-state index in [1.807, 2.05) is 0 Å². The van der Waals surface area contributed by atoms with Gasteiger partial charge < -0.3 is 0 Å². The van der Waals surface area contributed by atoms with Gasteiger partial charge in [0.2, 0.25) is 6.71 Å². The molecule has 4 aliphatic carbocycles. The Bertz CT molecular complexity index is 2230. The molecule has 6 aliphatic rings. The lowest BCUT2D eigenvalue weighted by Gasteiger charge is -2.48. The predicted molar refractivity (Wildman–Crippen MR) is 172 cm³/mol. The maximum absolute atomic E-state index is 5.43. The van der Waals surface area contributed by atoms with Crippen molar-refractivity contribution in [1.82, 2.24) is 9.78 Å². The van der Waals surface area contributed by atoms with Crippen LogP contribution in [-0.2, 0) is 0 Å². The smallest absolute Gasteiger partial charge is 0.233 e. The zero-order chi connectivity index (χ0) is 26.9. The quantitative estimate of drug-likeness (QED) is 0.206. The van der Waals surface area contributed by atoms with E-state index >= 15 is 0 Å². The first kappa shape index (κ1) is 21.6. The normalized spacial score (nSPS) is 28.0. The van der Waals surface area contributed by atoms with Crippen molar-refractivity contribution < 1.29 is 0 Å². The molecule has 3 saturated carbocycles. The summed E-state index contributed by atoms with van der Waals surface area (Å²) >= 11 is 0. The van der Waals surface area contributed by atoms with Gasteiger partial charge in [0.05, 0.1) is 11.2 Å². The van der Waals surface area contributed by atoms with E-state index in [0.29, 0.717) is 5.41 Å². The largest absolute Gasteiger partial charge is 0.248 e. The lowest BCUT2D eigenvalue weighted by Crippen LogP contribution is -2.53. The summed E-state index contributed by atoms with van der Waals surface area (Å²) in [5.74, 6) is 3.56. The Morgan fingerprint density at radius 1 is 0.714 bits per heavy atom. The van der Waals surface area contributed by atoms with Gasteiger partial charge in [-0.25, -0.2) is 4.68 Å². The minimum Gasteiger partial charge on any atom is -0.233 e. The third kappa shape index (κ3) is 2.27. The van der Waals surface area contributed by atoms with E-state index in [1.54, 1.807) is 16.6 Å². The van der Waals surface area contributed by atoms with Crippen LogP contribution in [0.4, 0.5) is 0 Å². The van der Waals surface area contributed by atoms with Crippen LogP contribution in [0.25, 0.3) is 49.7 Å². The van der Waals surface area contributed by atoms with E-state index in [4.69, 9.17) is 5.10 Å². The van der Waals surface area contributed by atoms with Crippen molar-refractivity contribution >= 4 is 44.8 Å². The van der Waals surface area contributed by atoms with Crippen LogP contribution in [0.1, 0.15) is 55.1 Å². The van der Waals surface area contributed by atoms with Crippen molar-refractivity contribution in [1.29, 1.82) is 0 Å². The fourth-order valence-electron chi connectivity index (χ4n) is 11.4. The predicted octanol–water partition coefficient (Wildman–Crippen LogP) is 7.05. The van der Waals surface area contributed by atoms with E-state index in [1.165, 1.54) is 87.1 Å². The summed E-state index contributed by atoms with van der Waals surface area (Å²) in [6.07, 6.45) is 7.31. The van der Waals surface area contributed by atoms with Crippen LogP contribution in [0.15, 0.2) is 91.0 Å². The Morgan fingerprint density at radius 3 is 2.36 bits per heavy atom. The molecule has 42 heavy (non-hydrogen) atoms. The van der Waals surface area contributed by atoms with Gasteiger partial charge in [0.25, 0.3) is 0 Å². The van der Waals surface area contributed by atoms with Crippen molar-refractivity contribution in [2.75, 3.05) is 0 Å². The van der Waals surface area contributed by atoms with Gasteiger partial charge in [-0.15, -0.1) is 0 Å². The van der Waals surface area contributed by atoms with Crippen LogP contribution in [0.3, 0.4) is 0 Å². The number of rotatable bonds is 1. The van der Waals surface area contributed by atoms with E-state index in [9.17, 15) is 0 Å². The van der Waals surface area contributed by atoms with Crippen molar-refractivity contribution in [2.45, 2.75) is 43.9 Å². The molecule has 5 atom stereocenters. The molecule has 5 unspecified atom stereocenters. The Kier molecular flexibility index (Phi) is 3.55. The lowest BCUT2D eigenvalue weighted by molar-refractivity contribution is 0.00322. The fourth-order valence-corrected chi connectivity index (χ4v) is 11.4. The van der Waals surface area contributed by atoms with Crippen molar-refractivity contribution in [3.05, 3.63) is 102 Å². The zero-order valence-electron chi connectivity index (χ0n) is 23.5. The van der Waals surface area contributed by atoms with Gasteiger partial charge in [-0.2, -0.15) is 5.10 Å². The van der Waals surface area contributed by atoms with Crippen LogP contribution < -0.4 is 16.4 Å². The number of aromatic nitrogens is 2. The maximum atomic E-state index is 5.43. The van der Waals surface area contributed by atoms with Crippen molar-refractivity contribution in [3.8, 4) is 28.1 Å². The molecule has 1 spiro atoms.